The van der Waals surface area contributed by atoms with E-state index in [4.69, 9.17) is 15.2 Å². The third-order valence-corrected chi connectivity index (χ3v) is 6.97. The lowest BCUT2D eigenvalue weighted by molar-refractivity contribution is -0.286. The number of rotatable bonds is 3. The topological polar surface area (TPSA) is 107 Å². The fourth-order valence-electron chi connectivity index (χ4n) is 5.06. The summed E-state index contributed by atoms with van der Waals surface area (Å²) in [6.45, 7) is 0.763. The number of alkyl halides is 3. The number of fused-ring (bicyclic) bond motifs is 2. The molecule has 3 aromatic rings. The first-order valence-electron chi connectivity index (χ1n) is 10.9. The van der Waals surface area contributed by atoms with Gasteiger partial charge in [-0.25, -0.2) is 4.39 Å². The van der Waals surface area contributed by atoms with E-state index in [9.17, 15) is 27.2 Å². The van der Waals surface area contributed by atoms with Gasteiger partial charge in [0.05, 0.1) is 30.7 Å². The van der Waals surface area contributed by atoms with Crippen LogP contribution in [0.2, 0.25) is 0 Å². The Morgan fingerprint density at radius 1 is 1.20 bits per heavy atom. The van der Waals surface area contributed by atoms with E-state index in [2.05, 4.69) is 9.97 Å². The van der Waals surface area contributed by atoms with Crippen molar-refractivity contribution in [1.82, 2.24) is 9.97 Å². The van der Waals surface area contributed by atoms with Crippen LogP contribution in [0.4, 0.5) is 17.6 Å². The molecule has 1 aromatic carbocycles. The van der Waals surface area contributed by atoms with Gasteiger partial charge < -0.3 is 20.2 Å². The Bertz CT molecular complexity index is 1400. The maximum absolute atomic E-state index is 14.4. The van der Waals surface area contributed by atoms with Crippen molar-refractivity contribution in [3.05, 3.63) is 74.6 Å². The number of hydrogen-bond acceptors (Lipinski definition) is 5. The van der Waals surface area contributed by atoms with Crippen LogP contribution in [0.25, 0.3) is 10.9 Å². The van der Waals surface area contributed by atoms with Crippen molar-refractivity contribution in [3.8, 4) is 0 Å². The van der Waals surface area contributed by atoms with Crippen LogP contribution in [0.5, 0.6) is 0 Å². The predicted octanol–water partition coefficient (Wildman–Crippen LogP) is 3.80. The van der Waals surface area contributed by atoms with Gasteiger partial charge in [-0.1, -0.05) is 6.07 Å². The van der Waals surface area contributed by atoms with Crippen LogP contribution in [-0.4, -0.2) is 34.3 Å². The largest absolute Gasteiger partial charge is 0.417 e. The van der Waals surface area contributed by atoms with Gasteiger partial charge in [-0.3, -0.25) is 14.6 Å². The molecule has 1 saturated heterocycles. The van der Waals surface area contributed by atoms with Gasteiger partial charge in [0.15, 0.2) is 11.0 Å². The van der Waals surface area contributed by atoms with Gasteiger partial charge in [0.2, 0.25) is 0 Å². The van der Waals surface area contributed by atoms with E-state index in [1.807, 2.05) is 0 Å². The molecule has 35 heavy (non-hydrogen) atoms. The Morgan fingerprint density at radius 3 is 2.66 bits per heavy atom. The van der Waals surface area contributed by atoms with Crippen LogP contribution < -0.4 is 11.2 Å². The van der Waals surface area contributed by atoms with Gasteiger partial charge in [0.25, 0.3) is 5.91 Å². The molecule has 1 fully saturated rings. The summed E-state index contributed by atoms with van der Waals surface area (Å²) < 4.78 is 67.0. The van der Waals surface area contributed by atoms with Gasteiger partial charge in [-0.05, 0) is 42.5 Å². The van der Waals surface area contributed by atoms with Crippen molar-refractivity contribution in [2.75, 3.05) is 6.61 Å². The number of carbonyl (C=O) groups excluding carboxylic acids is 1. The van der Waals surface area contributed by atoms with Crippen molar-refractivity contribution in [2.45, 2.75) is 50.2 Å². The molecule has 2 aromatic heterocycles. The third kappa shape index (κ3) is 3.79. The summed E-state index contributed by atoms with van der Waals surface area (Å²) in [5.41, 5.74) is 4.12. The average Bonchev–Trinajstić information content (AvgIpc) is 3.29. The zero-order valence-electron chi connectivity index (χ0n) is 18.5. The SMILES string of the molecule is C[C@]1(C(F)(F)F)C[C@@H](c2ccc(F)c3c2COC3)[C@H](c2cc(=O)c3c(C(N)=O)nccc3[nH]2)CO1. The first-order valence-corrected chi connectivity index (χ1v) is 10.9. The number of ether oxygens (including phenoxy) is 2. The molecule has 5 rings (SSSR count). The number of H-pyrrole nitrogens is 1. The highest BCUT2D eigenvalue weighted by atomic mass is 19.4. The van der Waals surface area contributed by atoms with Crippen molar-refractivity contribution >= 4 is 16.8 Å². The van der Waals surface area contributed by atoms with Crippen LogP contribution in [0.1, 0.15) is 58.1 Å². The number of primary amides is 1. The number of hydrogen-bond donors (Lipinski definition) is 2. The van der Waals surface area contributed by atoms with Crippen LogP contribution in [-0.2, 0) is 22.7 Å². The third-order valence-electron chi connectivity index (χ3n) is 6.97. The van der Waals surface area contributed by atoms with Crippen molar-refractivity contribution in [2.24, 2.45) is 5.73 Å². The fourth-order valence-corrected chi connectivity index (χ4v) is 5.06. The normalized spacial score (nSPS) is 24.5. The fraction of sp³-hybridized carbons (Fsp3) is 0.375. The molecule has 3 N–H and O–H groups in total. The zero-order chi connectivity index (χ0) is 25.1. The standard InChI is InChI=1S/C24H21F4N3O4/c1-23(24(26,27)28)7-12(11-2-3-16(25)14-9-34-8-13(11)14)15(10-35-23)18-6-19(32)20-17(31-18)4-5-30-21(20)22(29)33/h2-6,12,15H,7-10H2,1H3,(H2,29,33)(H,31,32)/t12-,15+,23+/m0/s1. The van der Waals surface area contributed by atoms with Gasteiger partial charge in [-0.15, -0.1) is 0 Å². The van der Waals surface area contributed by atoms with E-state index in [1.54, 1.807) is 0 Å². The van der Waals surface area contributed by atoms with Crippen molar-refractivity contribution < 1.29 is 31.8 Å². The molecule has 0 spiro atoms. The molecular weight excluding hydrogens is 470 g/mol. The second kappa shape index (κ2) is 8.13. The molecule has 7 nitrogen and oxygen atoms in total. The number of benzene rings is 1. The molecule has 2 aliphatic heterocycles. The molecule has 4 heterocycles. The number of amides is 1. The monoisotopic (exact) mass is 491 g/mol. The molecule has 0 radical (unpaired) electrons. The molecule has 0 aliphatic carbocycles. The number of carbonyl (C=O) groups is 1. The minimum atomic E-state index is -4.64. The first kappa shape index (κ1) is 23.4. The zero-order valence-corrected chi connectivity index (χ0v) is 18.5. The number of pyridine rings is 2. The highest BCUT2D eigenvalue weighted by Crippen LogP contribution is 2.51. The van der Waals surface area contributed by atoms with E-state index in [0.717, 1.165) is 6.92 Å². The summed E-state index contributed by atoms with van der Waals surface area (Å²) in [5, 5.41) is -0.00627. The molecule has 2 aliphatic rings. The van der Waals surface area contributed by atoms with Gasteiger partial charge in [-0.2, -0.15) is 13.2 Å². The summed E-state index contributed by atoms with van der Waals surface area (Å²) in [6.07, 6.45) is -3.78. The highest BCUT2D eigenvalue weighted by Gasteiger charge is 2.57. The number of aromatic amines is 1. The summed E-state index contributed by atoms with van der Waals surface area (Å²) in [4.78, 5) is 31.6. The lowest BCUT2D eigenvalue weighted by Gasteiger charge is -2.44. The van der Waals surface area contributed by atoms with Gasteiger partial charge in [0, 0.05) is 29.4 Å². The Kier molecular flexibility index (Phi) is 5.44. The van der Waals surface area contributed by atoms with E-state index in [1.165, 1.54) is 30.5 Å². The number of nitrogens with two attached hydrogens (primary N) is 1. The Morgan fingerprint density at radius 2 is 1.94 bits per heavy atom. The minimum Gasteiger partial charge on any atom is -0.372 e. The lowest BCUT2D eigenvalue weighted by Crippen LogP contribution is -2.51. The molecular formula is C24H21F4N3O4. The number of nitrogens with zero attached hydrogens (tertiary/aromatic N) is 1. The quantitative estimate of drug-likeness (QED) is 0.542. The van der Waals surface area contributed by atoms with E-state index >= 15 is 0 Å². The van der Waals surface area contributed by atoms with Crippen molar-refractivity contribution in [1.29, 1.82) is 0 Å². The second-order valence-corrected chi connectivity index (χ2v) is 9.08. The summed E-state index contributed by atoms with van der Waals surface area (Å²) in [6, 6.07) is 5.42. The molecule has 1 amide bonds. The predicted molar refractivity (Wildman–Crippen MR) is 116 cm³/mol. The molecule has 3 atom stereocenters. The maximum Gasteiger partial charge on any atom is 0.417 e. The van der Waals surface area contributed by atoms with Crippen molar-refractivity contribution in [3.63, 3.8) is 0 Å². The Hall–Kier alpha value is -3.31. The minimum absolute atomic E-state index is 0.00627. The first-order chi connectivity index (χ1) is 16.5. The van der Waals surface area contributed by atoms with Crippen LogP contribution in [0.3, 0.4) is 0 Å². The Balaban J connectivity index is 1.67. The smallest absolute Gasteiger partial charge is 0.372 e. The molecule has 0 bridgehead atoms. The Labute approximate surface area is 196 Å². The van der Waals surface area contributed by atoms with E-state index in [0.29, 0.717) is 22.4 Å². The molecule has 0 saturated carbocycles. The molecule has 184 valence electrons. The summed E-state index contributed by atoms with van der Waals surface area (Å²) >= 11 is 0. The lowest BCUT2D eigenvalue weighted by atomic mass is 9.73. The summed E-state index contributed by atoms with van der Waals surface area (Å²) in [5.74, 6) is -2.82. The average molecular weight is 491 g/mol. The second-order valence-electron chi connectivity index (χ2n) is 9.08. The van der Waals surface area contributed by atoms with Gasteiger partial charge >= 0.3 is 6.18 Å². The van der Waals surface area contributed by atoms with E-state index in [-0.39, 0.29) is 36.4 Å². The molecule has 0 unspecified atom stereocenters. The van der Waals surface area contributed by atoms with Crippen LogP contribution >= 0.6 is 0 Å². The number of nitrogens with one attached hydrogen (secondary N) is 1. The maximum atomic E-state index is 14.4. The number of aromatic nitrogens is 2. The summed E-state index contributed by atoms with van der Waals surface area (Å²) in [7, 11) is 0. The van der Waals surface area contributed by atoms with Crippen LogP contribution in [0, 0.1) is 5.82 Å². The van der Waals surface area contributed by atoms with Gasteiger partial charge in [0.1, 0.15) is 11.5 Å². The molecule has 11 heteroatoms. The van der Waals surface area contributed by atoms with Crippen LogP contribution in [0.15, 0.2) is 35.3 Å². The van der Waals surface area contributed by atoms with E-state index < -0.39 is 47.2 Å². The number of halogens is 4. The highest BCUT2D eigenvalue weighted by molar-refractivity contribution is 6.03.